The van der Waals surface area contributed by atoms with Crippen molar-refractivity contribution < 1.29 is 4.74 Å². The third-order valence-corrected chi connectivity index (χ3v) is 2.33. The highest BCUT2D eigenvalue weighted by molar-refractivity contribution is 6.28. The van der Waals surface area contributed by atoms with E-state index in [2.05, 4.69) is 26.9 Å². The molecule has 0 aliphatic heterocycles. The van der Waals surface area contributed by atoms with Crippen molar-refractivity contribution >= 4 is 11.6 Å². The summed E-state index contributed by atoms with van der Waals surface area (Å²) in [7, 11) is 1.48. The number of methoxy groups -OCH3 is 1. The summed E-state index contributed by atoms with van der Waals surface area (Å²) >= 11 is 5.80. The minimum Gasteiger partial charge on any atom is -0.467 e. The van der Waals surface area contributed by atoms with Gasteiger partial charge in [0.25, 0.3) is 0 Å². The lowest BCUT2D eigenvalue weighted by Gasteiger charge is -2.06. The molecule has 0 N–H and O–H groups in total. The van der Waals surface area contributed by atoms with Crippen LogP contribution in [0.15, 0.2) is 12.4 Å². The molecular weight excluding hydrogens is 242 g/mol. The normalized spacial score (nSPS) is 10.5. The van der Waals surface area contributed by atoms with Gasteiger partial charge < -0.3 is 4.74 Å². The van der Waals surface area contributed by atoms with Crippen molar-refractivity contribution in [3.8, 4) is 12.0 Å². The quantitative estimate of drug-likeness (QED) is 0.829. The van der Waals surface area contributed by atoms with Crippen LogP contribution in [0.5, 0.6) is 6.01 Å². The molecule has 0 atom stereocenters. The van der Waals surface area contributed by atoms with Gasteiger partial charge in [-0.05, 0) is 18.0 Å². The van der Waals surface area contributed by atoms with Gasteiger partial charge in [0.05, 0.1) is 7.11 Å². The van der Waals surface area contributed by atoms with Gasteiger partial charge in [0.2, 0.25) is 11.2 Å². The molecule has 17 heavy (non-hydrogen) atoms. The van der Waals surface area contributed by atoms with E-state index in [1.54, 1.807) is 17.0 Å². The lowest BCUT2D eigenvalue weighted by molar-refractivity contribution is 0.377. The maximum absolute atomic E-state index is 5.80. The van der Waals surface area contributed by atoms with Crippen molar-refractivity contribution in [3.05, 3.63) is 23.5 Å². The van der Waals surface area contributed by atoms with Crippen molar-refractivity contribution in [1.82, 2.24) is 24.5 Å². The summed E-state index contributed by atoms with van der Waals surface area (Å²) in [6.07, 6.45) is 5.33. The van der Waals surface area contributed by atoms with Crippen molar-refractivity contribution in [2.24, 2.45) is 0 Å². The number of rotatable bonds is 4. The highest BCUT2D eigenvalue weighted by atomic mass is 35.5. The molecule has 0 bridgehead atoms. The molecular formula is C10H12ClN5O. The van der Waals surface area contributed by atoms with Crippen LogP contribution in [0, 0.1) is 0 Å². The Morgan fingerprint density at radius 1 is 1.35 bits per heavy atom. The van der Waals surface area contributed by atoms with Gasteiger partial charge >= 0.3 is 6.01 Å². The van der Waals surface area contributed by atoms with Gasteiger partial charge in [-0.2, -0.15) is 15.0 Å². The highest BCUT2D eigenvalue weighted by Gasteiger charge is 2.10. The molecule has 0 radical (unpaired) electrons. The van der Waals surface area contributed by atoms with E-state index >= 15 is 0 Å². The summed E-state index contributed by atoms with van der Waals surface area (Å²) in [6.45, 7) is 2.08. The Morgan fingerprint density at radius 2 is 2.18 bits per heavy atom. The maximum atomic E-state index is 5.80. The van der Waals surface area contributed by atoms with Crippen LogP contribution in [0.25, 0.3) is 5.95 Å². The average molecular weight is 254 g/mol. The van der Waals surface area contributed by atoms with E-state index in [9.17, 15) is 0 Å². The standard InChI is InChI=1S/C10H12ClN5O/c1-3-4-7-12-5-6-16(7)9-13-8(11)14-10(15-9)17-2/h5-6H,3-4H2,1-2H3. The van der Waals surface area contributed by atoms with Crippen molar-refractivity contribution in [1.29, 1.82) is 0 Å². The second-order valence-corrected chi connectivity index (χ2v) is 3.69. The highest BCUT2D eigenvalue weighted by Crippen LogP contribution is 2.13. The summed E-state index contributed by atoms with van der Waals surface area (Å²) in [6, 6.07) is 0.191. The van der Waals surface area contributed by atoms with Crippen LogP contribution in [0.4, 0.5) is 0 Å². The van der Waals surface area contributed by atoms with Gasteiger partial charge in [-0.25, -0.2) is 4.98 Å². The molecule has 0 spiro atoms. The SMILES string of the molecule is CCCc1nccn1-c1nc(Cl)nc(OC)n1. The number of imidazole rings is 1. The molecule has 2 aromatic heterocycles. The van der Waals surface area contributed by atoms with E-state index in [1.807, 2.05) is 0 Å². The summed E-state index contributed by atoms with van der Waals surface area (Å²) < 4.78 is 6.73. The van der Waals surface area contributed by atoms with Crippen LogP contribution in [-0.2, 0) is 6.42 Å². The van der Waals surface area contributed by atoms with Crippen LogP contribution in [-0.4, -0.2) is 31.6 Å². The van der Waals surface area contributed by atoms with Gasteiger partial charge in [0, 0.05) is 18.8 Å². The van der Waals surface area contributed by atoms with Crippen molar-refractivity contribution in [2.45, 2.75) is 19.8 Å². The van der Waals surface area contributed by atoms with E-state index in [0.717, 1.165) is 18.7 Å². The number of hydrogen-bond donors (Lipinski definition) is 0. The molecule has 0 fully saturated rings. The fraction of sp³-hybridized carbons (Fsp3) is 0.400. The molecule has 0 saturated carbocycles. The molecule has 0 unspecified atom stereocenters. The molecule has 0 saturated heterocycles. The Balaban J connectivity index is 2.44. The second kappa shape index (κ2) is 5.09. The first-order valence-electron chi connectivity index (χ1n) is 5.22. The van der Waals surface area contributed by atoms with Crippen LogP contribution < -0.4 is 4.74 Å². The molecule has 0 amide bonds. The predicted octanol–water partition coefficient (Wildman–Crippen LogP) is 1.67. The average Bonchev–Trinajstić information content (AvgIpc) is 2.77. The van der Waals surface area contributed by atoms with Gasteiger partial charge in [-0.3, -0.25) is 4.57 Å². The Labute approximate surface area is 104 Å². The topological polar surface area (TPSA) is 65.7 Å². The zero-order valence-electron chi connectivity index (χ0n) is 9.59. The van der Waals surface area contributed by atoms with E-state index in [0.29, 0.717) is 5.95 Å². The van der Waals surface area contributed by atoms with E-state index < -0.39 is 0 Å². The number of ether oxygens (including phenoxy) is 1. The minimum atomic E-state index is 0.1000. The third kappa shape index (κ3) is 2.52. The Bertz CT molecular complexity index is 513. The number of halogens is 1. The molecule has 0 aliphatic carbocycles. The molecule has 0 aliphatic rings. The lowest BCUT2D eigenvalue weighted by Crippen LogP contribution is -2.07. The van der Waals surface area contributed by atoms with Crippen LogP contribution in [0.2, 0.25) is 5.28 Å². The molecule has 2 rings (SSSR count). The van der Waals surface area contributed by atoms with E-state index in [1.165, 1.54) is 7.11 Å². The van der Waals surface area contributed by atoms with Crippen molar-refractivity contribution in [3.63, 3.8) is 0 Å². The minimum absolute atomic E-state index is 0.1000. The molecule has 7 heteroatoms. The third-order valence-electron chi connectivity index (χ3n) is 2.16. The van der Waals surface area contributed by atoms with Gasteiger partial charge in [0.1, 0.15) is 5.82 Å². The molecule has 2 heterocycles. The van der Waals surface area contributed by atoms with Gasteiger partial charge in [-0.1, -0.05) is 6.92 Å². The fourth-order valence-electron chi connectivity index (χ4n) is 1.45. The summed E-state index contributed by atoms with van der Waals surface area (Å²) in [5.41, 5.74) is 0. The fourth-order valence-corrected chi connectivity index (χ4v) is 1.59. The number of nitrogens with zero attached hydrogens (tertiary/aromatic N) is 5. The monoisotopic (exact) mass is 253 g/mol. The zero-order chi connectivity index (χ0) is 12.3. The van der Waals surface area contributed by atoms with Crippen LogP contribution in [0.3, 0.4) is 0 Å². The van der Waals surface area contributed by atoms with E-state index in [4.69, 9.17) is 16.3 Å². The maximum Gasteiger partial charge on any atom is 0.322 e. The lowest BCUT2D eigenvalue weighted by atomic mass is 10.3. The van der Waals surface area contributed by atoms with Crippen LogP contribution >= 0.6 is 11.6 Å². The molecule has 2 aromatic rings. The second-order valence-electron chi connectivity index (χ2n) is 3.35. The largest absolute Gasteiger partial charge is 0.467 e. The summed E-state index contributed by atoms with van der Waals surface area (Å²) in [5, 5.41) is 0.1000. The summed E-state index contributed by atoms with van der Waals surface area (Å²) in [4.78, 5) is 16.3. The van der Waals surface area contributed by atoms with Gasteiger partial charge in [-0.15, -0.1) is 0 Å². The first-order chi connectivity index (χ1) is 8.24. The Morgan fingerprint density at radius 3 is 2.88 bits per heavy atom. The smallest absolute Gasteiger partial charge is 0.322 e. The number of hydrogen-bond acceptors (Lipinski definition) is 5. The van der Waals surface area contributed by atoms with Crippen molar-refractivity contribution in [2.75, 3.05) is 7.11 Å². The summed E-state index contributed by atoms with van der Waals surface area (Å²) in [5.74, 6) is 1.31. The van der Waals surface area contributed by atoms with Gasteiger partial charge in [0.15, 0.2) is 0 Å². The Hall–Kier alpha value is -1.69. The van der Waals surface area contributed by atoms with Crippen LogP contribution in [0.1, 0.15) is 19.2 Å². The first kappa shape index (κ1) is 11.8. The first-order valence-corrected chi connectivity index (χ1v) is 5.60. The Kier molecular flexibility index (Phi) is 3.53. The number of aryl methyl sites for hydroxylation is 1. The zero-order valence-corrected chi connectivity index (χ0v) is 10.3. The predicted molar refractivity (Wildman–Crippen MR) is 62.5 cm³/mol. The number of aromatic nitrogens is 5. The molecule has 6 nitrogen and oxygen atoms in total. The van der Waals surface area contributed by atoms with E-state index in [-0.39, 0.29) is 11.3 Å². The molecule has 0 aromatic carbocycles. The molecule has 90 valence electrons.